The number of aliphatic carboxylic acids is 1. The molecule has 96 valence electrons. The van der Waals surface area contributed by atoms with Crippen LogP contribution in [0.4, 0.5) is 0 Å². The van der Waals surface area contributed by atoms with Gasteiger partial charge < -0.3 is 14.6 Å². The first-order valence-electron chi connectivity index (χ1n) is 6.06. The Bertz CT molecular complexity index is 159. The molecule has 16 heavy (non-hydrogen) atoms. The lowest BCUT2D eigenvalue weighted by Crippen LogP contribution is -1.98. The molecular formula is C12H24O4. The summed E-state index contributed by atoms with van der Waals surface area (Å²) in [5.41, 5.74) is 0. The molecule has 0 aromatic rings. The average Bonchev–Trinajstić information content (AvgIpc) is 2.25. The monoisotopic (exact) mass is 232 g/mol. The van der Waals surface area contributed by atoms with Crippen LogP contribution < -0.4 is 0 Å². The minimum atomic E-state index is -0.685. The number of carbonyl (C=O) groups is 1. The SMILES string of the molecule is COCOCCCCCCCCCC(=O)O. The summed E-state index contributed by atoms with van der Waals surface area (Å²) in [6.45, 7) is 1.15. The van der Waals surface area contributed by atoms with Gasteiger partial charge in [-0.15, -0.1) is 0 Å². The third-order valence-corrected chi connectivity index (χ3v) is 2.38. The number of unbranched alkanes of at least 4 members (excludes halogenated alkanes) is 6. The average molecular weight is 232 g/mol. The minimum Gasteiger partial charge on any atom is -0.481 e. The van der Waals surface area contributed by atoms with Crippen LogP contribution in [0.1, 0.15) is 51.4 Å². The molecule has 0 bridgehead atoms. The van der Waals surface area contributed by atoms with E-state index in [1.807, 2.05) is 0 Å². The Labute approximate surface area is 97.9 Å². The second kappa shape index (κ2) is 12.5. The number of carboxylic acid groups (broad SMARTS) is 1. The van der Waals surface area contributed by atoms with Crippen LogP contribution in [0, 0.1) is 0 Å². The van der Waals surface area contributed by atoms with Crippen molar-refractivity contribution in [3.63, 3.8) is 0 Å². The fraction of sp³-hybridized carbons (Fsp3) is 0.917. The van der Waals surface area contributed by atoms with Gasteiger partial charge in [0.1, 0.15) is 6.79 Å². The molecule has 0 aliphatic rings. The van der Waals surface area contributed by atoms with E-state index in [-0.39, 0.29) is 0 Å². The lowest BCUT2D eigenvalue weighted by Gasteiger charge is -2.03. The van der Waals surface area contributed by atoms with Gasteiger partial charge in [-0.1, -0.05) is 32.1 Å². The number of ether oxygens (including phenoxy) is 2. The van der Waals surface area contributed by atoms with Crippen molar-refractivity contribution in [1.29, 1.82) is 0 Å². The summed E-state index contributed by atoms with van der Waals surface area (Å²) >= 11 is 0. The van der Waals surface area contributed by atoms with Crippen LogP contribution in [0.15, 0.2) is 0 Å². The third kappa shape index (κ3) is 13.4. The molecule has 0 unspecified atom stereocenters. The Balaban J connectivity index is 2.90. The van der Waals surface area contributed by atoms with Gasteiger partial charge in [0.05, 0.1) is 0 Å². The second-order valence-corrected chi connectivity index (χ2v) is 3.93. The van der Waals surface area contributed by atoms with Crippen LogP contribution in [0.3, 0.4) is 0 Å². The maximum Gasteiger partial charge on any atom is 0.303 e. The maximum atomic E-state index is 10.2. The molecule has 1 N–H and O–H groups in total. The quantitative estimate of drug-likeness (QED) is 0.415. The van der Waals surface area contributed by atoms with E-state index in [1.54, 1.807) is 7.11 Å². The Kier molecular flexibility index (Phi) is 12.0. The Morgan fingerprint density at radius 1 is 1.00 bits per heavy atom. The van der Waals surface area contributed by atoms with Crippen molar-refractivity contribution in [3.05, 3.63) is 0 Å². The number of rotatable bonds is 12. The van der Waals surface area contributed by atoms with Gasteiger partial charge in [-0.2, -0.15) is 0 Å². The molecular weight excluding hydrogens is 208 g/mol. The molecule has 0 aromatic heterocycles. The summed E-state index contributed by atoms with van der Waals surface area (Å²) in [5.74, 6) is -0.685. The largest absolute Gasteiger partial charge is 0.481 e. The second-order valence-electron chi connectivity index (χ2n) is 3.93. The van der Waals surface area contributed by atoms with Crippen LogP contribution in [-0.2, 0) is 14.3 Å². The van der Waals surface area contributed by atoms with Crippen molar-refractivity contribution >= 4 is 5.97 Å². The molecule has 4 nitrogen and oxygen atoms in total. The smallest absolute Gasteiger partial charge is 0.303 e. The van der Waals surface area contributed by atoms with Crippen LogP contribution in [-0.4, -0.2) is 31.6 Å². The molecule has 0 aliphatic carbocycles. The Morgan fingerprint density at radius 2 is 1.56 bits per heavy atom. The summed E-state index contributed by atoms with van der Waals surface area (Å²) in [6.07, 6.45) is 7.98. The summed E-state index contributed by atoms with van der Waals surface area (Å²) < 4.78 is 9.93. The van der Waals surface area contributed by atoms with Crippen molar-refractivity contribution in [2.75, 3.05) is 20.5 Å². The van der Waals surface area contributed by atoms with Crippen LogP contribution in [0.5, 0.6) is 0 Å². The molecule has 0 saturated carbocycles. The van der Waals surface area contributed by atoms with Crippen molar-refractivity contribution in [1.82, 2.24) is 0 Å². The zero-order chi connectivity index (χ0) is 12.1. The molecule has 0 radical (unpaired) electrons. The van der Waals surface area contributed by atoms with E-state index in [1.165, 1.54) is 19.3 Å². The number of hydrogen-bond donors (Lipinski definition) is 1. The molecule has 0 atom stereocenters. The van der Waals surface area contributed by atoms with Gasteiger partial charge in [-0.05, 0) is 12.8 Å². The highest BCUT2D eigenvalue weighted by molar-refractivity contribution is 5.66. The number of methoxy groups -OCH3 is 1. The van der Waals surface area contributed by atoms with Crippen LogP contribution in [0.2, 0.25) is 0 Å². The van der Waals surface area contributed by atoms with Gasteiger partial charge in [-0.25, -0.2) is 0 Å². The Hall–Kier alpha value is -0.610. The fourth-order valence-electron chi connectivity index (χ4n) is 1.51. The number of hydrogen-bond acceptors (Lipinski definition) is 3. The molecule has 0 rings (SSSR count). The lowest BCUT2D eigenvalue weighted by atomic mass is 10.1. The molecule has 0 amide bonds. The normalized spacial score (nSPS) is 10.6. The maximum absolute atomic E-state index is 10.2. The third-order valence-electron chi connectivity index (χ3n) is 2.38. The summed E-state index contributed by atoms with van der Waals surface area (Å²) in [6, 6.07) is 0. The first kappa shape index (κ1) is 15.4. The van der Waals surface area contributed by atoms with Crippen molar-refractivity contribution < 1.29 is 19.4 Å². The van der Waals surface area contributed by atoms with Crippen LogP contribution in [0.25, 0.3) is 0 Å². The van der Waals surface area contributed by atoms with E-state index in [0.717, 1.165) is 32.3 Å². The zero-order valence-corrected chi connectivity index (χ0v) is 10.2. The predicted octanol–water partition coefficient (Wildman–Crippen LogP) is 2.81. The van der Waals surface area contributed by atoms with Crippen molar-refractivity contribution in [3.8, 4) is 0 Å². The van der Waals surface area contributed by atoms with Gasteiger partial charge in [0.15, 0.2) is 0 Å². The number of carboxylic acids is 1. The summed E-state index contributed by atoms with van der Waals surface area (Å²) in [5, 5.41) is 8.43. The molecule has 0 saturated heterocycles. The van der Waals surface area contributed by atoms with Gasteiger partial charge in [0, 0.05) is 20.1 Å². The zero-order valence-electron chi connectivity index (χ0n) is 10.2. The van der Waals surface area contributed by atoms with Crippen molar-refractivity contribution in [2.45, 2.75) is 51.4 Å². The van der Waals surface area contributed by atoms with Crippen LogP contribution >= 0.6 is 0 Å². The molecule has 0 heterocycles. The van der Waals surface area contributed by atoms with E-state index in [4.69, 9.17) is 14.6 Å². The molecule has 0 fully saturated rings. The fourth-order valence-corrected chi connectivity index (χ4v) is 1.51. The molecule has 0 aromatic carbocycles. The molecule has 4 heteroatoms. The van der Waals surface area contributed by atoms with Gasteiger partial charge >= 0.3 is 5.97 Å². The topological polar surface area (TPSA) is 55.8 Å². The van der Waals surface area contributed by atoms with Gasteiger partial charge in [0.2, 0.25) is 0 Å². The first-order valence-corrected chi connectivity index (χ1v) is 6.06. The van der Waals surface area contributed by atoms with Gasteiger partial charge in [-0.3, -0.25) is 4.79 Å². The highest BCUT2D eigenvalue weighted by Crippen LogP contribution is 2.08. The standard InChI is InChI=1S/C12H24O4/c1-15-11-16-10-8-6-4-2-3-5-7-9-12(13)14/h2-11H2,1H3,(H,13,14). The highest BCUT2D eigenvalue weighted by atomic mass is 16.7. The summed E-state index contributed by atoms with van der Waals surface area (Å²) in [7, 11) is 1.62. The van der Waals surface area contributed by atoms with E-state index in [9.17, 15) is 4.79 Å². The van der Waals surface area contributed by atoms with E-state index in [0.29, 0.717) is 13.2 Å². The van der Waals surface area contributed by atoms with E-state index in [2.05, 4.69) is 0 Å². The summed E-state index contributed by atoms with van der Waals surface area (Å²) in [4.78, 5) is 10.2. The highest BCUT2D eigenvalue weighted by Gasteiger charge is 1.96. The van der Waals surface area contributed by atoms with Crippen molar-refractivity contribution in [2.24, 2.45) is 0 Å². The van der Waals surface area contributed by atoms with Gasteiger partial charge in [0.25, 0.3) is 0 Å². The first-order chi connectivity index (χ1) is 7.77. The molecule has 0 aliphatic heterocycles. The predicted molar refractivity (Wildman–Crippen MR) is 62.4 cm³/mol. The Morgan fingerprint density at radius 3 is 2.12 bits per heavy atom. The molecule has 0 spiro atoms. The van der Waals surface area contributed by atoms with E-state index >= 15 is 0 Å². The van der Waals surface area contributed by atoms with E-state index < -0.39 is 5.97 Å². The lowest BCUT2D eigenvalue weighted by molar-refractivity contribution is -0.137. The minimum absolute atomic E-state index is 0.310.